The Morgan fingerprint density at radius 3 is 2.50 bits per heavy atom. The van der Waals surface area contributed by atoms with Gasteiger partial charge in [-0.25, -0.2) is 0 Å². The van der Waals surface area contributed by atoms with Crippen molar-refractivity contribution in [3.05, 3.63) is 52.1 Å². The van der Waals surface area contributed by atoms with Crippen LogP contribution in [0.3, 0.4) is 0 Å². The maximum atomic E-state index is 10.9. The molecule has 1 heterocycles. The van der Waals surface area contributed by atoms with Crippen LogP contribution in [0.25, 0.3) is 21.9 Å². The summed E-state index contributed by atoms with van der Waals surface area (Å²) < 4.78 is 5.67. The molecule has 2 aromatic carbocycles. The third-order valence-electron chi connectivity index (χ3n) is 3.53. The number of aliphatic hydroxyl groups excluding tert-OH is 1. The fourth-order valence-electron chi connectivity index (χ4n) is 2.31. The lowest BCUT2D eigenvalue weighted by Crippen LogP contribution is -1.97. The fourth-order valence-corrected chi connectivity index (χ4v) is 2.31. The average Bonchev–Trinajstić information content (AvgIpc) is 2.83. The monoisotopic (exact) mass is 271 g/mol. The van der Waals surface area contributed by atoms with Crippen molar-refractivity contribution in [3.8, 4) is 0 Å². The van der Waals surface area contributed by atoms with Crippen LogP contribution >= 0.6 is 0 Å². The van der Waals surface area contributed by atoms with E-state index in [1.807, 2.05) is 25.1 Å². The molecule has 1 aromatic heterocycles. The lowest BCUT2D eigenvalue weighted by molar-refractivity contribution is -0.384. The number of fused-ring (bicyclic) bond motifs is 3. The van der Waals surface area contributed by atoms with Gasteiger partial charge in [-0.1, -0.05) is 13.0 Å². The molecular weight excluding hydrogens is 258 g/mol. The Morgan fingerprint density at radius 1 is 1.20 bits per heavy atom. The molecule has 1 atom stereocenters. The molecule has 3 rings (SSSR count). The number of hydrogen-bond acceptors (Lipinski definition) is 4. The number of nitrogens with zero attached hydrogens (tertiary/aromatic N) is 1. The third-order valence-corrected chi connectivity index (χ3v) is 3.53. The zero-order valence-electron chi connectivity index (χ0n) is 10.9. The van der Waals surface area contributed by atoms with E-state index < -0.39 is 4.92 Å². The van der Waals surface area contributed by atoms with Crippen LogP contribution in [0.15, 0.2) is 40.8 Å². The summed E-state index contributed by atoms with van der Waals surface area (Å²) in [5.74, 6) is 0.0167. The van der Waals surface area contributed by atoms with Gasteiger partial charge in [0.1, 0.15) is 11.2 Å². The number of benzene rings is 2. The summed E-state index contributed by atoms with van der Waals surface area (Å²) in [6.45, 7) is 1.98. The number of non-ortho nitro benzene ring substituents is 1. The molecule has 5 heteroatoms. The van der Waals surface area contributed by atoms with Crippen molar-refractivity contribution in [2.45, 2.75) is 12.8 Å². The van der Waals surface area contributed by atoms with Crippen molar-refractivity contribution in [1.82, 2.24) is 0 Å². The molecule has 0 radical (unpaired) electrons. The minimum Gasteiger partial charge on any atom is -0.456 e. The van der Waals surface area contributed by atoms with E-state index in [1.165, 1.54) is 12.1 Å². The number of rotatable bonds is 3. The highest BCUT2D eigenvalue weighted by molar-refractivity contribution is 6.05. The molecule has 20 heavy (non-hydrogen) atoms. The van der Waals surface area contributed by atoms with Gasteiger partial charge >= 0.3 is 0 Å². The van der Waals surface area contributed by atoms with Gasteiger partial charge < -0.3 is 9.52 Å². The molecule has 5 nitrogen and oxygen atoms in total. The van der Waals surface area contributed by atoms with Gasteiger partial charge in [0.2, 0.25) is 0 Å². The van der Waals surface area contributed by atoms with Gasteiger partial charge in [-0.2, -0.15) is 0 Å². The number of nitro groups is 1. The van der Waals surface area contributed by atoms with E-state index in [4.69, 9.17) is 4.42 Å². The van der Waals surface area contributed by atoms with Gasteiger partial charge in [0.25, 0.3) is 5.69 Å². The van der Waals surface area contributed by atoms with Gasteiger partial charge in [-0.05, 0) is 23.8 Å². The van der Waals surface area contributed by atoms with E-state index in [2.05, 4.69) is 0 Å². The summed E-state index contributed by atoms with van der Waals surface area (Å²) in [7, 11) is 0. The highest BCUT2D eigenvalue weighted by Gasteiger charge is 2.14. The van der Waals surface area contributed by atoms with Crippen molar-refractivity contribution < 1.29 is 14.4 Å². The summed E-state index contributed by atoms with van der Waals surface area (Å²) in [6.07, 6.45) is 0. The molecule has 0 fully saturated rings. The normalized spacial score (nSPS) is 12.9. The van der Waals surface area contributed by atoms with E-state index in [0.29, 0.717) is 11.2 Å². The first-order valence-corrected chi connectivity index (χ1v) is 6.31. The van der Waals surface area contributed by atoms with Gasteiger partial charge in [0.15, 0.2) is 0 Å². The minimum atomic E-state index is -0.418. The number of hydrogen-bond donors (Lipinski definition) is 1. The van der Waals surface area contributed by atoms with E-state index in [1.54, 1.807) is 6.07 Å². The quantitative estimate of drug-likeness (QED) is 0.583. The second-order valence-corrected chi connectivity index (χ2v) is 4.88. The lowest BCUT2D eigenvalue weighted by atomic mass is 10.00. The Kier molecular flexibility index (Phi) is 2.91. The lowest BCUT2D eigenvalue weighted by Gasteiger charge is -2.07. The standard InChI is InChI=1S/C15H13NO4/c1-9(8-17)10-2-4-14-12(6-10)13-7-11(16(18)19)3-5-15(13)20-14/h2-7,9,17H,8H2,1H3. The SMILES string of the molecule is CC(CO)c1ccc2oc3ccc([N+](=O)[O-])cc3c2c1. The Labute approximate surface area is 114 Å². The molecule has 0 aliphatic heterocycles. The van der Waals surface area contributed by atoms with Crippen LogP contribution in [0.2, 0.25) is 0 Å². The van der Waals surface area contributed by atoms with Gasteiger partial charge in [0.05, 0.1) is 4.92 Å². The summed E-state index contributed by atoms with van der Waals surface area (Å²) in [5, 5.41) is 21.7. The second-order valence-electron chi connectivity index (χ2n) is 4.88. The summed E-state index contributed by atoms with van der Waals surface area (Å²) in [4.78, 5) is 10.4. The molecule has 0 saturated carbocycles. The predicted molar refractivity (Wildman–Crippen MR) is 75.9 cm³/mol. The maximum absolute atomic E-state index is 10.9. The fraction of sp³-hybridized carbons (Fsp3) is 0.200. The summed E-state index contributed by atoms with van der Waals surface area (Å²) >= 11 is 0. The topological polar surface area (TPSA) is 76.5 Å². The second kappa shape index (κ2) is 4.61. The molecule has 0 bridgehead atoms. The molecule has 0 saturated heterocycles. The Hall–Kier alpha value is -2.40. The molecule has 0 aliphatic rings. The third kappa shape index (κ3) is 1.92. The molecule has 3 aromatic rings. The van der Waals surface area contributed by atoms with Crippen LogP contribution in [0, 0.1) is 10.1 Å². The van der Waals surface area contributed by atoms with Crippen LogP contribution in [-0.4, -0.2) is 16.6 Å². The number of aliphatic hydroxyl groups is 1. The zero-order valence-corrected chi connectivity index (χ0v) is 10.9. The van der Waals surface area contributed by atoms with Crippen molar-refractivity contribution in [1.29, 1.82) is 0 Å². The van der Waals surface area contributed by atoms with E-state index in [-0.39, 0.29) is 18.2 Å². The van der Waals surface area contributed by atoms with Gasteiger partial charge in [0, 0.05) is 35.4 Å². The first kappa shape index (κ1) is 12.6. The summed E-state index contributed by atoms with van der Waals surface area (Å²) in [6, 6.07) is 10.2. The zero-order chi connectivity index (χ0) is 14.3. The first-order chi connectivity index (χ1) is 9.60. The Balaban J connectivity index is 2.28. The highest BCUT2D eigenvalue weighted by Crippen LogP contribution is 2.33. The minimum absolute atomic E-state index is 0.0167. The molecule has 1 unspecified atom stereocenters. The first-order valence-electron chi connectivity index (χ1n) is 6.31. The summed E-state index contributed by atoms with van der Waals surface area (Å²) in [5.41, 5.74) is 2.34. The molecule has 102 valence electrons. The Bertz CT molecular complexity index is 806. The maximum Gasteiger partial charge on any atom is 0.270 e. The molecule has 0 spiro atoms. The van der Waals surface area contributed by atoms with Crippen molar-refractivity contribution in [2.75, 3.05) is 6.61 Å². The van der Waals surface area contributed by atoms with E-state index in [9.17, 15) is 15.2 Å². The molecule has 0 amide bonds. The molecule has 0 aliphatic carbocycles. The number of nitro benzene ring substituents is 1. The molecular formula is C15H13NO4. The highest BCUT2D eigenvalue weighted by atomic mass is 16.6. The number of furan rings is 1. The van der Waals surface area contributed by atoms with Crippen molar-refractivity contribution >= 4 is 27.6 Å². The van der Waals surface area contributed by atoms with E-state index in [0.717, 1.165) is 16.3 Å². The molecule has 1 N–H and O–H groups in total. The van der Waals surface area contributed by atoms with Crippen molar-refractivity contribution in [2.24, 2.45) is 0 Å². The Morgan fingerprint density at radius 2 is 1.85 bits per heavy atom. The van der Waals surface area contributed by atoms with Crippen LogP contribution in [0.4, 0.5) is 5.69 Å². The van der Waals surface area contributed by atoms with Crippen molar-refractivity contribution in [3.63, 3.8) is 0 Å². The van der Waals surface area contributed by atoms with Crippen LogP contribution in [0.1, 0.15) is 18.4 Å². The van der Waals surface area contributed by atoms with Crippen LogP contribution in [0.5, 0.6) is 0 Å². The van der Waals surface area contributed by atoms with Gasteiger partial charge in [-0.15, -0.1) is 0 Å². The van der Waals surface area contributed by atoms with Gasteiger partial charge in [-0.3, -0.25) is 10.1 Å². The largest absolute Gasteiger partial charge is 0.456 e. The van der Waals surface area contributed by atoms with Crippen LogP contribution in [-0.2, 0) is 0 Å². The smallest absolute Gasteiger partial charge is 0.270 e. The van der Waals surface area contributed by atoms with E-state index >= 15 is 0 Å². The average molecular weight is 271 g/mol. The van der Waals surface area contributed by atoms with Crippen LogP contribution < -0.4 is 0 Å². The predicted octanol–water partition coefficient (Wildman–Crippen LogP) is 3.59.